The topological polar surface area (TPSA) is 43.1 Å². The molecular weight excluding hydrogens is 138 g/mol. The Bertz CT molecular complexity index is 95.0. The Kier molecular flexibility index (Phi) is 9.31. The SMILES string of the molecule is CC(C)C.CC(C)C(=O)CN. The molecule has 0 bridgehead atoms. The number of carbonyl (C=O) groups is 1. The molecule has 0 amide bonds. The van der Waals surface area contributed by atoms with E-state index in [4.69, 9.17) is 5.73 Å². The Balaban J connectivity index is 0. The second-order valence-corrected chi connectivity index (χ2v) is 3.56. The average Bonchev–Trinajstić information content (AvgIpc) is 1.85. The minimum atomic E-state index is 0.102. The van der Waals surface area contributed by atoms with Crippen LogP contribution >= 0.6 is 0 Å². The third-order valence-electron chi connectivity index (χ3n) is 0.845. The highest BCUT2D eigenvalue weighted by Crippen LogP contribution is 1.89. The van der Waals surface area contributed by atoms with Crippen LogP contribution < -0.4 is 5.73 Å². The molecule has 68 valence electrons. The van der Waals surface area contributed by atoms with Gasteiger partial charge in [-0.25, -0.2) is 0 Å². The van der Waals surface area contributed by atoms with Crippen LogP contribution in [0.1, 0.15) is 34.6 Å². The lowest BCUT2D eigenvalue weighted by molar-refractivity contribution is -0.120. The van der Waals surface area contributed by atoms with Crippen molar-refractivity contribution in [3.63, 3.8) is 0 Å². The first-order chi connectivity index (χ1) is 4.91. The fourth-order valence-electron chi connectivity index (χ4n) is 0.236. The van der Waals surface area contributed by atoms with E-state index in [2.05, 4.69) is 20.8 Å². The van der Waals surface area contributed by atoms with E-state index in [0.717, 1.165) is 5.92 Å². The lowest BCUT2D eigenvalue weighted by atomic mass is 10.1. The molecule has 0 saturated carbocycles. The highest BCUT2D eigenvalue weighted by Gasteiger charge is 2.01. The summed E-state index contributed by atoms with van der Waals surface area (Å²) in [4.78, 5) is 10.4. The van der Waals surface area contributed by atoms with E-state index in [1.807, 2.05) is 13.8 Å². The Morgan fingerprint density at radius 2 is 1.45 bits per heavy atom. The van der Waals surface area contributed by atoms with E-state index in [1.54, 1.807) is 0 Å². The van der Waals surface area contributed by atoms with Crippen molar-refractivity contribution in [2.24, 2.45) is 17.6 Å². The molecule has 0 atom stereocenters. The molecule has 0 spiro atoms. The number of Topliss-reactive ketones (excluding diaryl/α,β-unsaturated/α-hetero) is 1. The molecule has 0 radical (unpaired) electrons. The molecule has 2 heteroatoms. The highest BCUT2D eigenvalue weighted by molar-refractivity contribution is 5.81. The van der Waals surface area contributed by atoms with E-state index < -0.39 is 0 Å². The van der Waals surface area contributed by atoms with Gasteiger partial charge in [-0.05, 0) is 5.92 Å². The fourth-order valence-corrected chi connectivity index (χ4v) is 0.236. The molecule has 0 unspecified atom stereocenters. The van der Waals surface area contributed by atoms with Crippen LogP contribution in [0.3, 0.4) is 0 Å². The minimum absolute atomic E-state index is 0.102. The molecule has 0 aliphatic heterocycles. The Morgan fingerprint density at radius 3 is 1.45 bits per heavy atom. The average molecular weight is 159 g/mol. The van der Waals surface area contributed by atoms with Gasteiger partial charge in [0.1, 0.15) is 5.78 Å². The second-order valence-electron chi connectivity index (χ2n) is 3.56. The van der Waals surface area contributed by atoms with Gasteiger partial charge in [-0.3, -0.25) is 4.79 Å². The van der Waals surface area contributed by atoms with Crippen LogP contribution in [0.15, 0.2) is 0 Å². The van der Waals surface area contributed by atoms with Gasteiger partial charge in [0.25, 0.3) is 0 Å². The zero-order valence-electron chi connectivity index (χ0n) is 8.35. The Morgan fingerprint density at radius 1 is 1.18 bits per heavy atom. The van der Waals surface area contributed by atoms with Crippen molar-refractivity contribution in [3.05, 3.63) is 0 Å². The van der Waals surface area contributed by atoms with E-state index in [-0.39, 0.29) is 18.2 Å². The summed E-state index contributed by atoms with van der Waals surface area (Å²) < 4.78 is 0. The standard InChI is InChI=1S/C5H11NO.C4H10/c1-4(2)5(7)3-6;1-4(2)3/h4H,3,6H2,1-2H3;4H,1-3H3. The number of hydrogen-bond donors (Lipinski definition) is 1. The molecule has 0 aliphatic rings. The zero-order chi connectivity index (χ0) is 9.44. The first kappa shape index (κ1) is 13.2. The summed E-state index contributed by atoms with van der Waals surface area (Å²) in [5.74, 6) is 1.06. The molecule has 0 fully saturated rings. The smallest absolute Gasteiger partial charge is 0.148 e. The van der Waals surface area contributed by atoms with Crippen molar-refractivity contribution >= 4 is 5.78 Å². The van der Waals surface area contributed by atoms with Crippen molar-refractivity contribution in [3.8, 4) is 0 Å². The first-order valence-corrected chi connectivity index (χ1v) is 4.14. The molecular formula is C9H21NO. The quantitative estimate of drug-likeness (QED) is 0.668. The number of rotatable bonds is 2. The summed E-state index contributed by atoms with van der Waals surface area (Å²) >= 11 is 0. The van der Waals surface area contributed by atoms with Crippen LogP contribution in [0.25, 0.3) is 0 Å². The summed E-state index contributed by atoms with van der Waals surface area (Å²) in [7, 11) is 0. The maximum atomic E-state index is 10.4. The van der Waals surface area contributed by atoms with Gasteiger partial charge in [0, 0.05) is 5.92 Å². The van der Waals surface area contributed by atoms with Gasteiger partial charge in [-0.15, -0.1) is 0 Å². The minimum Gasteiger partial charge on any atom is -0.324 e. The van der Waals surface area contributed by atoms with Gasteiger partial charge in [0.2, 0.25) is 0 Å². The summed E-state index contributed by atoms with van der Waals surface area (Å²) in [6.07, 6.45) is 0. The molecule has 2 nitrogen and oxygen atoms in total. The van der Waals surface area contributed by atoms with Gasteiger partial charge in [0.05, 0.1) is 6.54 Å². The van der Waals surface area contributed by atoms with Gasteiger partial charge in [0.15, 0.2) is 0 Å². The van der Waals surface area contributed by atoms with Crippen molar-refractivity contribution in [1.29, 1.82) is 0 Å². The maximum Gasteiger partial charge on any atom is 0.148 e. The molecule has 11 heavy (non-hydrogen) atoms. The molecule has 0 aromatic rings. The molecule has 2 N–H and O–H groups in total. The maximum absolute atomic E-state index is 10.4. The van der Waals surface area contributed by atoms with Crippen LogP contribution in [-0.2, 0) is 4.79 Å². The Hall–Kier alpha value is -0.370. The van der Waals surface area contributed by atoms with E-state index in [9.17, 15) is 4.79 Å². The lowest BCUT2D eigenvalue weighted by Gasteiger charge is -1.96. The van der Waals surface area contributed by atoms with Gasteiger partial charge in [-0.2, -0.15) is 0 Å². The van der Waals surface area contributed by atoms with Crippen molar-refractivity contribution in [2.45, 2.75) is 34.6 Å². The monoisotopic (exact) mass is 159 g/mol. The van der Waals surface area contributed by atoms with Gasteiger partial charge < -0.3 is 5.73 Å². The number of nitrogens with two attached hydrogens (primary N) is 1. The number of carbonyl (C=O) groups excluding carboxylic acids is 1. The first-order valence-electron chi connectivity index (χ1n) is 4.14. The number of hydrogen-bond acceptors (Lipinski definition) is 2. The molecule has 0 aromatic carbocycles. The third-order valence-corrected chi connectivity index (χ3v) is 0.845. The lowest BCUT2D eigenvalue weighted by Crippen LogP contribution is -2.18. The van der Waals surface area contributed by atoms with E-state index >= 15 is 0 Å². The fraction of sp³-hybridized carbons (Fsp3) is 0.889. The normalized spacial score (nSPS) is 9.45. The summed E-state index contributed by atoms with van der Waals surface area (Å²) in [6, 6.07) is 0. The second kappa shape index (κ2) is 7.73. The predicted octanol–water partition coefficient (Wildman–Crippen LogP) is 1.83. The molecule has 0 aliphatic carbocycles. The van der Waals surface area contributed by atoms with Crippen molar-refractivity contribution in [2.75, 3.05) is 6.54 Å². The Labute approximate surface area is 70.2 Å². The third kappa shape index (κ3) is 17.7. The largest absolute Gasteiger partial charge is 0.324 e. The van der Waals surface area contributed by atoms with Crippen molar-refractivity contribution < 1.29 is 4.79 Å². The van der Waals surface area contributed by atoms with Crippen LogP contribution in [0.2, 0.25) is 0 Å². The van der Waals surface area contributed by atoms with Crippen LogP contribution in [0.5, 0.6) is 0 Å². The van der Waals surface area contributed by atoms with Crippen LogP contribution in [0.4, 0.5) is 0 Å². The van der Waals surface area contributed by atoms with Gasteiger partial charge >= 0.3 is 0 Å². The van der Waals surface area contributed by atoms with Crippen LogP contribution in [-0.4, -0.2) is 12.3 Å². The van der Waals surface area contributed by atoms with E-state index in [1.165, 1.54) is 0 Å². The molecule has 0 aromatic heterocycles. The molecule has 0 rings (SSSR count). The molecule has 0 heterocycles. The summed E-state index contributed by atoms with van der Waals surface area (Å²) in [5.41, 5.74) is 5.02. The van der Waals surface area contributed by atoms with Gasteiger partial charge in [-0.1, -0.05) is 34.6 Å². The molecule has 0 saturated heterocycles. The summed E-state index contributed by atoms with van der Waals surface area (Å²) in [6.45, 7) is 10.4. The number of ketones is 1. The van der Waals surface area contributed by atoms with E-state index in [0.29, 0.717) is 0 Å². The summed E-state index contributed by atoms with van der Waals surface area (Å²) in [5, 5.41) is 0. The van der Waals surface area contributed by atoms with Crippen LogP contribution in [0, 0.1) is 11.8 Å². The highest BCUT2D eigenvalue weighted by atomic mass is 16.1. The zero-order valence-corrected chi connectivity index (χ0v) is 8.35. The predicted molar refractivity (Wildman–Crippen MR) is 49.4 cm³/mol. The van der Waals surface area contributed by atoms with Crippen molar-refractivity contribution in [1.82, 2.24) is 0 Å².